The summed E-state index contributed by atoms with van der Waals surface area (Å²) < 4.78 is 16.1. The Kier molecular flexibility index (Phi) is 5.46. The Hall–Kier alpha value is -2.20. The number of hydrogen-bond donors (Lipinski definition) is 1. The third kappa shape index (κ3) is 4.13. The molecule has 21 heavy (non-hydrogen) atoms. The number of ether oxygens (including phenoxy) is 3. The first-order valence-corrected chi connectivity index (χ1v) is 6.89. The zero-order valence-electron chi connectivity index (χ0n) is 12.5. The molecule has 2 aromatic rings. The number of rotatable bonds is 7. The van der Waals surface area contributed by atoms with Crippen LogP contribution in [0.4, 0.5) is 0 Å². The minimum absolute atomic E-state index is 0.426. The molecule has 4 nitrogen and oxygen atoms in total. The van der Waals surface area contributed by atoms with Gasteiger partial charge in [0.1, 0.15) is 17.2 Å². The van der Waals surface area contributed by atoms with Crippen LogP contribution in [0.15, 0.2) is 42.5 Å². The summed E-state index contributed by atoms with van der Waals surface area (Å²) in [6.45, 7) is 1.03. The molecule has 0 bridgehead atoms. The summed E-state index contributed by atoms with van der Waals surface area (Å²) in [7, 11) is 3.30. The van der Waals surface area contributed by atoms with E-state index in [1.165, 1.54) is 5.56 Å². The monoisotopic (exact) mass is 287 g/mol. The highest BCUT2D eigenvalue weighted by atomic mass is 16.5. The molecule has 0 atom stereocenters. The van der Waals surface area contributed by atoms with Crippen molar-refractivity contribution in [1.82, 2.24) is 0 Å². The van der Waals surface area contributed by atoms with E-state index in [1.807, 2.05) is 42.5 Å². The Balaban J connectivity index is 1.93. The van der Waals surface area contributed by atoms with E-state index in [-0.39, 0.29) is 0 Å². The molecule has 0 radical (unpaired) electrons. The topological polar surface area (TPSA) is 53.7 Å². The molecular formula is C17H21NO3. The summed E-state index contributed by atoms with van der Waals surface area (Å²) in [6.07, 6.45) is 0.833. The van der Waals surface area contributed by atoms with E-state index < -0.39 is 0 Å². The largest absolute Gasteiger partial charge is 0.497 e. The molecule has 2 N–H and O–H groups in total. The molecule has 0 aromatic heterocycles. The van der Waals surface area contributed by atoms with Gasteiger partial charge in [-0.2, -0.15) is 0 Å². The first-order chi connectivity index (χ1) is 10.3. The highest BCUT2D eigenvalue weighted by Crippen LogP contribution is 2.24. The van der Waals surface area contributed by atoms with Gasteiger partial charge in [0, 0.05) is 18.5 Å². The molecule has 4 heteroatoms. The minimum Gasteiger partial charge on any atom is -0.497 e. The molecule has 0 aliphatic carbocycles. The average molecular weight is 287 g/mol. The molecule has 0 aliphatic rings. The van der Waals surface area contributed by atoms with E-state index in [4.69, 9.17) is 19.9 Å². The first-order valence-electron chi connectivity index (χ1n) is 6.89. The molecule has 2 aromatic carbocycles. The fourth-order valence-corrected chi connectivity index (χ4v) is 2.05. The van der Waals surface area contributed by atoms with Crippen molar-refractivity contribution in [3.05, 3.63) is 53.6 Å². The maximum atomic E-state index is 5.82. The summed E-state index contributed by atoms with van der Waals surface area (Å²) in [6, 6.07) is 13.7. The van der Waals surface area contributed by atoms with Crippen molar-refractivity contribution in [2.75, 3.05) is 20.8 Å². The fraction of sp³-hybridized carbons (Fsp3) is 0.294. The van der Waals surface area contributed by atoms with Crippen molar-refractivity contribution >= 4 is 0 Å². The van der Waals surface area contributed by atoms with Gasteiger partial charge in [-0.05, 0) is 35.9 Å². The molecule has 0 fully saturated rings. The van der Waals surface area contributed by atoms with E-state index in [9.17, 15) is 0 Å². The van der Waals surface area contributed by atoms with Crippen molar-refractivity contribution < 1.29 is 14.2 Å². The second kappa shape index (κ2) is 7.55. The summed E-state index contributed by atoms with van der Waals surface area (Å²) >= 11 is 0. The molecule has 0 amide bonds. The Morgan fingerprint density at radius 1 is 0.905 bits per heavy atom. The zero-order valence-corrected chi connectivity index (χ0v) is 12.5. The predicted octanol–water partition coefficient (Wildman–Crippen LogP) is 2.78. The van der Waals surface area contributed by atoms with Crippen molar-refractivity contribution in [2.24, 2.45) is 5.73 Å². The summed E-state index contributed by atoms with van der Waals surface area (Å²) in [4.78, 5) is 0. The second-order valence-corrected chi connectivity index (χ2v) is 4.62. The lowest BCUT2D eigenvalue weighted by Gasteiger charge is -2.12. The Morgan fingerprint density at radius 3 is 2.19 bits per heavy atom. The Morgan fingerprint density at radius 2 is 1.57 bits per heavy atom. The van der Waals surface area contributed by atoms with Crippen LogP contribution in [0, 0.1) is 0 Å². The second-order valence-electron chi connectivity index (χ2n) is 4.62. The van der Waals surface area contributed by atoms with Gasteiger partial charge in [-0.1, -0.05) is 12.1 Å². The predicted molar refractivity (Wildman–Crippen MR) is 83.1 cm³/mol. The highest BCUT2D eigenvalue weighted by Gasteiger charge is 2.04. The molecule has 0 saturated heterocycles. The summed E-state index contributed by atoms with van der Waals surface area (Å²) in [5.41, 5.74) is 7.89. The van der Waals surface area contributed by atoms with Gasteiger partial charge < -0.3 is 19.9 Å². The number of hydrogen-bond acceptors (Lipinski definition) is 4. The molecule has 0 heterocycles. The van der Waals surface area contributed by atoms with Gasteiger partial charge in [0.25, 0.3) is 0 Å². The van der Waals surface area contributed by atoms with Crippen molar-refractivity contribution in [2.45, 2.75) is 13.0 Å². The molecule has 112 valence electrons. The smallest absolute Gasteiger partial charge is 0.124 e. The van der Waals surface area contributed by atoms with Crippen LogP contribution in [0.2, 0.25) is 0 Å². The van der Waals surface area contributed by atoms with Crippen LogP contribution in [0.3, 0.4) is 0 Å². The minimum atomic E-state index is 0.426. The Bertz CT molecular complexity index is 567. The van der Waals surface area contributed by atoms with Crippen molar-refractivity contribution in [1.29, 1.82) is 0 Å². The van der Waals surface area contributed by atoms with Gasteiger partial charge >= 0.3 is 0 Å². The number of nitrogens with two attached hydrogens (primary N) is 1. The molecule has 0 unspecified atom stereocenters. The van der Waals surface area contributed by atoms with Gasteiger partial charge in [0.2, 0.25) is 0 Å². The summed E-state index contributed by atoms with van der Waals surface area (Å²) in [5.74, 6) is 2.46. The third-order valence-corrected chi connectivity index (χ3v) is 3.29. The molecule has 0 saturated carbocycles. The zero-order chi connectivity index (χ0) is 15.1. The van der Waals surface area contributed by atoms with Crippen LogP contribution in [-0.4, -0.2) is 20.8 Å². The van der Waals surface area contributed by atoms with Gasteiger partial charge in [0.15, 0.2) is 0 Å². The van der Waals surface area contributed by atoms with E-state index in [0.717, 1.165) is 29.2 Å². The number of methoxy groups -OCH3 is 2. The van der Waals surface area contributed by atoms with Crippen LogP contribution in [-0.2, 0) is 13.0 Å². The van der Waals surface area contributed by atoms with Gasteiger partial charge in [-0.3, -0.25) is 0 Å². The van der Waals surface area contributed by atoms with E-state index in [0.29, 0.717) is 13.2 Å². The van der Waals surface area contributed by atoms with Gasteiger partial charge in [-0.15, -0.1) is 0 Å². The van der Waals surface area contributed by atoms with E-state index in [1.54, 1.807) is 14.2 Å². The molecule has 0 spiro atoms. The fourth-order valence-electron chi connectivity index (χ4n) is 2.05. The van der Waals surface area contributed by atoms with Crippen LogP contribution >= 0.6 is 0 Å². The van der Waals surface area contributed by atoms with Crippen molar-refractivity contribution in [3.63, 3.8) is 0 Å². The standard InChI is InChI=1S/C17H21NO3/c1-19-15-5-3-13(4-6-15)9-10-21-17-8-7-16(20-2)11-14(17)12-18/h3-8,11H,9-10,12,18H2,1-2H3. The van der Waals surface area contributed by atoms with Crippen LogP contribution in [0.25, 0.3) is 0 Å². The van der Waals surface area contributed by atoms with E-state index >= 15 is 0 Å². The SMILES string of the molecule is COc1ccc(CCOc2ccc(OC)cc2CN)cc1. The first kappa shape index (κ1) is 15.2. The highest BCUT2D eigenvalue weighted by molar-refractivity contribution is 5.40. The molecular weight excluding hydrogens is 266 g/mol. The van der Waals surface area contributed by atoms with Crippen LogP contribution in [0.1, 0.15) is 11.1 Å². The average Bonchev–Trinajstić information content (AvgIpc) is 2.55. The summed E-state index contributed by atoms with van der Waals surface area (Å²) in [5, 5.41) is 0. The lowest BCUT2D eigenvalue weighted by atomic mass is 10.1. The maximum Gasteiger partial charge on any atom is 0.124 e. The lowest BCUT2D eigenvalue weighted by Crippen LogP contribution is -2.06. The quantitative estimate of drug-likeness (QED) is 0.851. The van der Waals surface area contributed by atoms with Crippen LogP contribution in [0.5, 0.6) is 17.2 Å². The Labute approximate surface area is 125 Å². The molecule has 2 rings (SSSR count). The van der Waals surface area contributed by atoms with Gasteiger partial charge in [0.05, 0.1) is 20.8 Å². The van der Waals surface area contributed by atoms with Gasteiger partial charge in [-0.25, -0.2) is 0 Å². The molecule has 0 aliphatic heterocycles. The lowest BCUT2D eigenvalue weighted by molar-refractivity contribution is 0.317. The normalized spacial score (nSPS) is 10.2. The third-order valence-electron chi connectivity index (χ3n) is 3.29. The van der Waals surface area contributed by atoms with E-state index in [2.05, 4.69) is 0 Å². The van der Waals surface area contributed by atoms with Crippen molar-refractivity contribution in [3.8, 4) is 17.2 Å². The van der Waals surface area contributed by atoms with Crippen LogP contribution < -0.4 is 19.9 Å². The maximum absolute atomic E-state index is 5.82. The number of benzene rings is 2.